The first-order chi connectivity index (χ1) is 10.4. The minimum absolute atomic E-state index is 0.0605. The molecule has 2 rings (SSSR count). The Morgan fingerprint density at radius 1 is 1.18 bits per heavy atom. The number of nitro benzene ring substituents is 1. The van der Waals surface area contributed by atoms with Crippen molar-refractivity contribution in [3.63, 3.8) is 0 Å². The lowest BCUT2D eigenvalue weighted by Crippen LogP contribution is -2.13. The first-order valence-electron chi connectivity index (χ1n) is 6.72. The highest BCUT2D eigenvalue weighted by molar-refractivity contribution is 6.04. The highest BCUT2D eigenvalue weighted by Crippen LogP contribution is 2.21. The number of nitrogens with zero attached hydrogens (tertiary/aromatic N) is 2. The van der Waals surface area contributed by atoms with E-state index in [0.717, 1.165) is 5.69 Å². The molecule has 0 bridgehead atoms. The molecule has 22 heavy (non-hydrogen) atoms. The van der Waals surface area contributed by atoms with Crippen molar-refractivity contribution in [3.05, 3.63) is 63.7 Å². The van der Waals surface area contributed by atoms with Gasteiger partial charge in [-0.15, -0.1) is 0 Å². The zero-order chi connectivity index (χ0) is 16.3. The average Bonchev–Trinajstić information content (AvgIpc) is 2.47. The van der Waals surface area contributed by atoms with Crippen molar-refractivity contribution in [3.8, 4) is 0 Å². The third-order valence-corrected chi connectivity index (χ3v) is 3.29. The summed E-state index contributed by atoms with van der Waals surface area (Å²) in [6.45, 7) is 1.64. The summed E-state index contributed by atoms with van der Waals surface area (Å²) in [5, 5.41) is 13.7. The summed E-state index contributed by atoms with van der Waals surface area (Å²) in [6.07, 6.45) is 0. The van der Waals surface area contributed by atoms with Gasteiger partial charge in [0.1, 0.15) is 0 Å². The maximum Gasteiger partial charge on any atom is 0.273 e. The molecule has 114 valence electrons. The maximum absolute atomic E-state index is 12.2. The zero-order valence-corrected chi connectivity index (χ0v) is 12.7. The molecular formula is C16H17N3O3. The maximum atomic E-state index is 12.2. The van der Waals surface area contributed by atoms with Crippen LogP contribution in [0.1, 0.15) is 15.9 Å². The Labute approximate surface area is 128 Å². The topological polar surface area (TPSA) is 75.5 Å². The van der Waals surface area contributed by atoms with Crippen LogP contribution in [0, 0.1) is 17.0 Å². The molecule has 0 saturated carbocycles. The van der Waals surface area contributed by atoms with Crippen LogP contribution >= 0.6 is 0 Å². The molecule has 0 atom stereocenters. The Kier molecular flexibility index (Phi) is 4.41. The molecule has 1 amide bonds. The Balaban J connectivity index is 2.24. The van der Waals surface area contributed by atoms with Gasteiger partial charge in [-0.05, 0) is 31.2 Å². The van der Waals surface area contributed by atoms with E-state index in [0.29, 0.717) is 11.3 Å². The van der Waals surface area contributed by atoms with Crippen molar-refractivity contribution < 1.29 is 9.72 Å². The second kappa shape index (κ2) is 6.26. The fourth-order valence-electron chi connectivity index (χ4n) is 2.01. The molecule has 0 saturated heterocycles. The number of amides is 1. The van der Waals surface area contributed by atoms with Gasteiger partial charge in [-0.25, -0.2) is 0 Å². The summed E-state index contributed by atoms with van der Waals surface area (Å²) in [7, 11) is 3.81. The van der Waals surface area contributed by atoms with Crippen LogP contribution in [-0.2, 0) is 0 Å². The standard InChI is InChI=1S/C16H17N3O3/c1-11-7-8-12(9-15(11)19(21)22)16(20)17-13-5-4-6-14(10-13)18(2)3/h4-10H,1-3H3,(H,17,20). The lowest BCUT2D eigenvalue weighted by molar-refractivity contribution is -0.385. The molecule has 0 fully saturated rings. The van der Waals surface area contributed by atoms with Crippen molar-refractivity contribution in [2.24, 2.45) is 0 Å². The minimum Gasteiger partial charge on any atom is -0.378 e. The fraction of sp³-hybridized carbons (Fsp3) is 0.188. The number of benzene rings is 2. The van der Waals surface area contributed by atoms with Crippen LogP contribution in [0.4, 0.5) is 17.1 Å². The highest BCUT2D eigenvalue weighted by atomic mass is 16.6. The molecule has 0 unspecified atom stereocenters. The van der Waals surface area contributed by atoms with Crippen LogP contribution in [0.3, 0.4) is 0 Å². The smallest absolute Gasteiger partial charge is 0.273 e. The number of anilines is 2. The van der Waals surface area contributed by atoms with E-state index in [-0.39, 0.29) is 17.2 Å². The number of aryl methyl sites for hydroxylation is 1. The van der Waals surface area contributed by atoms with Gasteiger partial charge in [0.2, 0.25) is 0 Å². The summed E-state index contributed by atoms with van der Waals surface area (Å²) in [6, 6.07) is 11.8. The largest absolute Gasteiger partial charge is 0.378 e. The van der Waals surface area contributed by atoms with E-state index in [1.165, 1.54) is 6.07 Å². The SMILES string of the molecule is Cc1ccc(C(=O)Nc2cccc(N(C)C)c2)cc1[N+](=O)[O-]. The van der Waals surface area contributed by atoms with Gasteiger partial charge in [0.25, 0.3) is 11.6 Å². The number of hydrogen-bond acceptors (Lipinski definition) is 4. The van der Waals surface area contributed by atoms with Gasteiger partial charge in [-0.3, -0.25) is 14.9 Å². The first kappa shape index (κ1) is 15.5. The number of carbonyl (C=O) groups is 1. The van der Waals surface area contributed by atoms with Crippen molar-refractivity contribution in [1.82, 2.24) is 0 Å². The zero-order valence-electron chi connectivity index (χ0n) is 12.7. The third-order valence-electron chi connectivity index (χ3n) is 3.29. The van der Waals surface area contributed by atoms with E-state index >= 15 is 0 Å². The number of carbonyl (C=O) groups excluding carboxylic acids is 1. The van der Waals surface area contributed by atoms with Crippen molar-refractivity contribution in [2.75, 3.05) is 24.3 Å². The predicted molar refractivity (Wildman–Crippen MR) is 86.6 cm³/mol. The molecule has 0 aliphatic carbocycles. The molecular weight excluding hydrogens is 282 g/mol. The Morgan fingerprint density at radius 3 is 2.55 bits per heavy atom. The highest BCUT2D eigenvalue weighted by Gasteiger charge is 2.15. The van der Waals surface area contributed by atoms with Gasteiger partial charge in [0.05, 0.1) is 4.92 Å². The fourth-order valence-corrected chi connectivity index (χ4v) is 2.01. The van der Waals surface area contributed by atoms with Gasteiger partial charge in [0, 0.05) is 42.7 Å². The van der Waals surface area contributed by atoms with Crippen molar-refractivity contribution in [1.29, 1.82) is 0 Å². The molecule has 6 nitrogen and oxygen atoms in total. The lowest BCUT2D eigenvalue weighted by atomic mass is 10.1. The van der Waals surface area contributed by atoms with Crippen LogP contribution in [0.5, 0.6) is 0 Å². The molecule has 6 heteroatoms. The van der Waals surface area contributed by atoms with E-state index in [2.05, 4.69) is 5.32 Å². The second-order valence-corrected chi connectivity index (χ2v) is 5.16. The van der Waals surface area contributed by atoms with Gasteiger partial charge in [0.15, 0.2) is 0 Å². The van der Waals surface area contributed by atoms with Crippen LogP contribution in [0.15, 0.2) is 42.5 Å². The normalized spacial score (nSPS) is 10.1. The Hall–Kier alpha value is -2.89. The molecule has 0 aliphatic heterocycles. The molecule has 0 spiro atoms. The molecule has 0 aromatic heterocycles. The van der Waals surface area contributed by atoms with Gasteiger partial charge >= 0.3 is 0 Å². The molecule has 2 aromatic carbocycles. The number of hydrogen-bond donors (Lipinski definition) is 1. The second-order valence-electron chi connectivity index (χ2n) is 5.16. The summed E-state index contributed by atoms with van der Waals surface area (Å²) < 4.78 is 0. The minimum atomic E-state index is -0.487. The Morgan fingerprint density at radius 2 is 1.91 bits per heavy atom. The van der Waals surface area contributed by atoms with E-state index in [9.17, 15) is 14.9 Å². The van der Waals surface area contributed by atoms with Crippen molar-refractivity contribution in [2.45, 2.75) is 6.92 Å². The monoisotopic (exact) mass is 299 g/mol. The van der Waals surface area contributed by atoms with E-state index in [4.69, 9.17) is 0 Å². The summed E-state index contributed by atoms with van der Waals surface area (Å²) in [4.78, 5) is 24.6. The summed E-state index contributed by atoms with van der Waals surface area (Å²) >= 11 is 0. The third kappa shape index (κ3) is 3.41. The molecule has 0 aliphatic rings. The van der Waals surface area contributed by atoms with E-state index in [1.807, 2.05) is 37.2 Å². The quantitative estimate of drug-likeness (QED) is 0.694. The average molecular weight is 299 g/mol. The number of rotatable bonds is 4. The Bertz CT molecular complexity index is 726. The number of nitrogens with one attached hydrogen (secondary N) is 1. The van der Waals surface area contributed by atoms with Gasteiger partial charge in [-0.1, -0.05) is 12.1 Å². The summed E-state index contributed by atoms with van der Waals surface area (Å²) in [5.41, 5.74) is 2.31. The lowest BCUT2D eigenvalue weighted by Gasteiger charge is -2.14. The van der Waals surface area contributed by atoms with Crippen molar-refractivity contribution >= 4 is 23.0 Å². The first-order valence-corrected chi connectivity index (χ1v) is 6.72. The number of nitro groups is 1. The molecule has 2 aromatic rings. The van der Waals surface area contributed by atoms with E-state index < -0.39 is 4.92 Å². The van der Waals surface area contributed by atoms with Crippen LogP contribution in [0.25, 0.3) is 0 Å². The van der Waals surface area contributed by atoms with E-state index in [1.54, 1.807) is 25.1 Å². The molecule has 0 radical (unpaired) electrons. The van der Waals surface area contributed by atoms with Crippen LogP contribution < -0.4 is 10.2 Å². The molecule has 0 heterocycles. The van der Waals surface area contributed by atoms with Gasteiger partial charge < -0.3 is 10.2 Å². The van der Waals surface area contributed by atoms with Crippen LogP contribution in [0.2, 0.25) is 0 Å². The molecule has 1 N–H and O–H groups in total. The van der Waals surface area contributed by atoms with Crippen LogP contribution in [-0.4, -0.2) is 24.9 Å². The summed E-state index contributed by atoms with van der Waals surface area (Å²) in [5.74, 6) is -0.376. The predicted octanol–water partition coefficient (Wildman–Crippen LogP) is 3.22. The van der Waals surface area contributed by atoms with Gasteiger partial charge in [-0.2, -0.15) is 0 Å².